The van der Waals surface area contributed by atoms with E-state index >= 15 is 0 Å². The van der Waals surface area contributed by atoms with Crippen molar-refractivity contribution in [2.24, 2.45) is 0 Å². The summed E-state index contributed by atoms with van der Waals surface area (Å²) in [5.41, 5.74) is 0. The van der Waals surface area contributed by atoms with Crippen molar-refractivity contribution in [1.82, 2.24) is 5.32 Å². The van der Waals surface area contributed by atoms with Crippen molar-refractivity contribution in [2.75, 3.05) is 26.9 Å². The topological polar surface area (TPSA) is 30.5 Å². The Morgan fingerprint density at radius 1 is 1.50 bits per heavy atom. The Hall–Kier alpha value is -0.120. The van der Waals surface area contributed by atoms with Crippen LogP contribution in [0, 0.1) is 0 Å². The van der Waals surface area contributed by atoms with Gasteiger partial charge in [0.1, 0.15) is 6.23 Å². The van der Waals surface area contributed by atoms with Crippen LogP contribution in [0.4, 0.5) is 0 Å². The molecule has 1 aliphatic heterocycles. The van der Waals surface area contributed by atoms with Gasteiger partial charge in [0.2, 0.25) is 0 Å². The van der Waals surface area contributed by atoms with Crippen LogP contribution in [0.2, 0.25) is 0 Å². The average Bonchev–Trinajstić information content (AvgIpc) is 2.10. The number of ether oxygens (including phenoxy) is 2. The lowest BCUT2D eigenvalue weighted by Crippen LogP contribution is -2.42. The van der Waals surface area contributed by atoms with Crippen molar-refractivity contribution >= 4 is 0 Å². The van der Waals surface area contributed by atoms with Crippen molar-refractivity contribution in [1.29, 1.82) is 0 Å². The molecule has 0 radical (unpaired) electrons. The molecule has 3 heteroatoms. The van der Waals surface area contributed by atoms with Gasteiger partial charge in [0.05, 0.1) is 13.2 Å². The van der Waals surface area contributed by atoms with Crippen molar-refractivity contribution < 1.29 is 9.47 Å². The molecule has 1 rings (SSSR count). The highest BCUT2D eigenvalue weighted by Crippen LogP contribution is 1.91. The fraction of sp³-hybridized carbons (Fsp3) is 1.00. The smallest absolute Gasteiger partial charge is 0.131 e. The summed E-state index contributed by atoms with van der Waals surface area (Å²) in [6.45, 7) is 6.38. The summed E-state index contributed by atoms with van der Waals surface area (Å²) < 4.78 is 10.0. The first kappa shape index (κ1) is 9.88. The Kier molecular flexibility index (Phi) is 6.91. The highest BCUT2D eigenvalue weighted by atomic mass is 16.5. The van der Waals surface area contributed by atoms with Crippen LogP contribution in [0.3, 0.4) is 0 Å². The molecule has 0 amide bonds. The lowest BCUT2D eigenvalue weighted by molar-refractivity contribution is -0.0403. The maximum absolute atomic E-state index is 5.09. The van der Waals surface area contributed by atoms with Crippen molar-refractivity contribution in [2.45, 2.75) is 20.1 Å². The number of methoxy groups -OCH3 is 1. The SMILES string of the molecule is CC.COC1COCCN1. The van der Waals surface area contributed by atoms with E-state index in [4.69, 9.17) is 9.47 Å². The number of hydrogen-bond donors (Lipinski definition) is 1. The van der Waals surface area contributed by atoms with Crippen LogP contribution in [0.1, 0.15) is 13.8 Å². The third-order valence-electron chi connectivity index (χ3n) is 1.17. The molecule has 0 aromatic carbocycles. The van der Waals surface area contributed by atoms with Gasteiger partial charge >= 0.3 is 0 Å². The summed E-state index contributed by atoms with van der Waals surface area (Å²) >= 11 is 0. The average molecular weight is 147 g/mol. The van der Waals surface area contributed by atoms with Gasteiger partial charge in [0.15, 0.2) is 0 Å². The normalized spacial score (nSPS) is 24.9. The third kappa shape index (κ3) is 3.82. The van der Waals surface area contributed by atoms with E-state index in [1.807, 2.05) is 13.8 Å². The first-order valence-electron chi connectivity index (χ1n) is 3.77. The lowest BCUT2D eigenvalue weighted by Gasteiger charge is -2.21. The minimum Gasteiger partial charge on any atom is -0.376 e. The molecule has 1 N–H and O–H groups in total. The van der Waals surface area contributed by atoms with Crippen LogP contribution in [-0.4, -0.2) is 33.1 Å². The molecule has 1 atom stereocenters. The van der Waals surface area contributed by atoms with E-state index in [1.54, 1.807) is 7.11 Å². The minimum atomic E-state index is 0.115. The molecular weight excluding hydrogens is 130 g/mol. The standard InChI is InChI=1S/C5H11NO2.C2H6/c1-7-5-4-8-3-2-6-5;1-2/h5-6H,2-4H2,1H3;1-2H3. The van der Waals surface area contributed by atoms with E-state index in [9.17, 15) is 0 Å². The molecule has 1 aliphatic rings. The molecule has 0 aromatic rings. The van der Waals surface area contributed by atoms with Crippen molar-refractivity contribution in [3.8, 4) is 0 Å². The first-order valence-corrected chi connectivity index (χ1v) is 3.77. The van der Waals surface area contributed by atoms with Crippen LogP contribution in [0.5, 0.6) is 0 Å². The fourth-order valence-electron chi connectivity index (χ4n) is 0.693. The zero-order valence-corrected chi connectivity index (χ0v) is 7.02. The highest BCUT2D eigenvalue weighted by molar-refractivity contribution is 4.58. The Morgan fingerprint density at radius 2 is 2.20 bits per heavy atom. The van der Waals surface area contributed by atoms with Gasteiger partial charge in [0, 0.05) is 13.7 Å². The van der Waals surface area contributed by atoms with Gasteiger partial charge in [-0.2, -0.15) is 0 Å². The quantitative estimate of drug-likeness (QED) is 0.589. The van der Waals surface area contributed by atoms with Crippen LogP contribution < -0.4 is 5.32 Å². The summed E-state index contributed by atoms with van der Waals surface area (Å²) in [4.78, 5) is 0. The van der Waals surface area contributed by atoms with Crippen LogP contribution in [-0.2, 0) is 9.47 Å². The molecule has 1 unspecified atom stereocenters. The second-order valence-electron chi connectivity index (χ2n) is 1.75. The van der Waals surface area contributed by atoms with E-state index in [1.165, 1.54) is 0 Å². The predicted octanol–water partition coefficient (Wildman–Crippen LogP) is 0.605. The Bertz CT molecular complexity index is 62.6. The van der Waals surface area contributed by atoms with E-state index in [0.29, 0.717) is 6.61 Å². The monoisotopic (exact) mass is 147 g/mol. The maximum Gasteiger partial charge on any atom is 0.131 e. The fourth-order valence-corrected chi connectivity index (χ4v) is 0.693. The summed E-state index contributed by atoms with van der Waals surface area (Å²) in [7, 11) is 1.67. The Morgan fingerprint density at radius 3 is 2.50 bits per heavy atom. The van der Waals surface area contributed by atoms with Gasteiger partial charge in [-0.1, -0.05) is 13.8 Å². The molecule has 62 valence electrons. The third-order valence-corrected chi connectivity index (χ3v) is 1.17. The van der Waals surface area contributed by atoms with Gasteiger partial charge in [-0.3, -0.25) is 5.32 Å². The van der Waals surface area contributed by atoms with E-state index < -0.39 is 0 Å². The van der Waals surface area contributed by atoms with Crippen molar-refractivity contribution in [3.05, 3.63) is 0 Å². The second kappa shape index (κ2) is 6.99. The van der Waals surface area contributed by atoms with E-state index in [-0.39, 0.29) is 6.23 Å². The molecule has 0 saturated carbocycles. The molecule has 3 nitrogen and oxygen atoms in total. The summed E-state index contributed by atoms with van der Waals surface area (Å²) in [6.07, 6.45) is 0.115. The van der Waals surface area contributed by atoms with E-state index in [2.05, 4.69) is 5.32 Å². The lowest BCUT2D eigenvalue weighted by atomic mass is 10.5. The second-order valence-corrected chi connectivity index (χ2v) is 1.75. The molecule has 1 fully saturated rings. The highest BCUT2D eigenvalue weighted by Gasteiger charge is 2.09. The van der Waals surface area contributed by atoms with Crippen molar-refractivity contribution in [3.63, 3.8) is 0 Å². The molecular formula is C7H17NO2. The number of hydrogen-bond acceptors (Lipinski definition) is 3. The number of rotatable bonds is 1. The van der Waals surface area contributed by atoms with Gasteiger partial charge in [-0.25, -0.2) is 0 Å². The van der Waals surface area contributed by atoms with Crippen LogP contribution >= 0.6 is 0 Å². The molecule has 0 spiro atoms. The van der Waals surface area contributed by atoms with Crippen LogP contribution in [0.15, 0.2) is 0 Å². The zero-order chi connectivity index (χ0) is 7.82. The molecule has 0 bridgehead atoms. The molecule has 1 saturated heterocycles. The molecule has 0 aliphatic carbocycles. The number of nitrogens with one attached hydrogen (secondary N) is 1. The van der Waals surface area contributed by atoms with Gasteiger partial charge in [-0.05, 0) is 0 Å². The minimum absolute atomic E-state index is 0.115. The van der Waals surface area contributed by atoms with Gasteiger partial charge < -0.3 is 9.47 Å². The van der Waals surface area contributed by atoms with Gasteiger partial charge in [-0.15, -0.1) is 0 Å². The summed E-state index contributed by atoms with van der Waals surface area (Å²) in [5.74, 6) is 0. The zero-order valence-electron chi connectivity index (χ0n) is 7.02. The largest absolute Gasteiger partial charge is 0.376 e. The molecule has 1 heterocycles. The molecule has 10 heavy (non-hydrogen) atoms. The summed E-state index contributed by atoms with van der Waals surface area (Å²) in [6, 6.07) is 0. The Balaban J connectivity index is 0.000000371. The summed E-state index contributed by atoms with van der Waals surface area (Å²) in [5, 5.41) is 3.12. The van der Waals surface area contributed by atoms with E-state index in [0.717, 1.165) is 13.2 Å². The van der Waals surface area contributed by atoms with Crippen LogP contribution in [0.25, 0.3) is 0 Å². The van der Waals surface area contributed by atoms with Gasteiger partial charge in [0.25, 0.3) is 0 Å². The molecule has 0 aromatic heterocycles. The number of morpholine rings is 1. The first-order chi connectivity index (χ1) is 4.93. The Labute approximate surface area is 62.7 Å². The maximum atomic E-state index is 5.09. The predicted molar refractivity (Wildman–Crippen MR) is 41.0 cm³/mol.